The van der Waals surface area contributed by atoms with E-state index in [1.54, 1.807) is 11.3 Å². The van der Waals surface area contributed by atoms with Gasteiger partial charge in [-0.05, 0) is 36.7 Å². The third-order valence-corrected chi connectivity index (χ3v) is 5.98. The molecule has 2 amide bonds. The van der Waals surface area contributed by atoms with Crippen LogP contribution in [0.4, 0.5) is 4.79 Å². The number of amides is 2. The summed E-state index contributed by atoms with van der Waals surface area (Å²) in [4.78, 5) is 18.1. The minimum atomic E-state index is -0.135. The molecule has 1 aliphatic rings. The first-order valence-electron chi connectivity index (χ1n) is 9.72. The number of likely N-dealkylation sites (N-methyl/N-ethyl adjacent to an activating group) is 1. The minimum absolute atomic E-state index is 0.135. The van der Waals surface area contributed by atoms with Gasteiger partial charge in [-0.2, -0.15) is 0 Å². The lowest BCUT2D eigenvalue weighted by molar-refractivity contribution is 0.0341. The van der Waals surface area contributed by atoms with E-state index in [9.17, 15) is 4.79 Å². The Morgan fingerprint density at radius 1 is 1.14 bits per heavy atom. The van der Waals surface area contributed by atoms with Crippen LogP contribution in [-0.4, -0.2) is 62.8 Å². The minimum Gasteiger partial charge on any atom is -0.379 e. The number of nitrogens with zero attached hydrogens (tertiary/aromatic N) is 2. The molecule has 0 aliphatic carbocycles. The standard InChI is InChI=1S/C21H30N4O2S/c1-24(2)19(20-8-5-13-28-20)15-23-21(26)22-14-17-6-3-4-7-18(17)16-25-9-11-27-12-10-25/h3-8,13,19H,9-12,14-16H2,1-2H3,(H2,22,23,26). The largest absolute Gasteiger partial charge is 0.379 e. The highest BCUT2D eigenvalue weighted by Gasteiger charge is 2.16. The third kappa shape index (κ3) is 6.04. The summed E-state index contributed by atoms with van der Waals surface area (Å²) in [7, 11) is 4.07. The van der Waals surface area contributed by atoms with Crippen LogP contribution in [0.15, 0.2) is 41.8 Å². The number of nitrogens with one attached hydrogen (secondary N) is 2. The molecule has 2 N–H and O–H groups in total. The van der Waals surface area contributed by atoms with E-state index in [1.165, 1.54) is 10.4 Å². The molecular weight excluding hydrogens is 372 g/mol. The van der Waals surface area contributed by atoms with E-state index in [4.69, 9.17) is 4.74 Å². The first kappa shape index (κ1) is 20.8. The average Bonchev–Trinajstić information content (AvgIpc) is 3.22. The SMILES string of the molecule is CN(C)C(CNC(=O)NCc1ccccc1CN1CCOCC1)c1cccs1. The second-order valence-corrected chi connectivity index (χ2v) is 8.19. The Balaban J connectivity index is 1.50. The molecule has 7 heteroatoms. The Morgan fingerprint density at radius 2 is 1.89 bits per heavy atom. The van der Waals surface area contributed by atoms with Crippen molar-refractivity contribution in [2.24, 2.45) is 0 Å². The number of carbonyl (C=O) groups excluding carboxylic acids is 1. The molecule has 0 bridgehead atoms. The van der Waals surface area contributed by atoms with Crippen LogP contribution in [0.3, 0.4) is 0 Å². The van der Waals surface area contributed by atoms with Crippen molar-refractivity contribution in [1.82, 2.24) is 20.4 Å². The highest BCUT2D eigenvalue weighted by atomic mass is 32.1. The Kier molecular flexibility index (Phi) is 7.85. The number of carbonyl (C=O) groups is 1. The van der Waals surface area contributed by atoms with Gasteiger partial charge >= 0.3 is 6.03 Å². The highest BCUT2D eigenvalue weighted by molar-refractivity contribution is 7.10. The van der Waals surface area contributed by atoms with Crippen LogP contribution in [0.1, 0.15) is 22.0 Å². The van der Waals surface area contributed by atoms with Crippen molar-refractivity contribution < 1.29 is 9.53 Å². The number of ether oxygens (including phenoxy) is 1. The fourth-order valence-electron chi connectivity index (χ4n) is 3.33. The van der Waals surface area contributed by atoms with Gasteiger partial charge in [-0.25, -0.2) is 4.79 Å². The number of thiophene rings is 1. The molecule has 152 valence electrons. The summed E-state index contributed by atoms with van der Waals surface area (Å²) >= 11 is 1.71. The van der Waals surface area contributed by atoms with Gasteiger partial charge in [0.05, 0.1) is 19.3 Å². The maximum absolute atomic E-state index is 12.4. The molecule has 2 aromatic rings. The molecule has 1 aromatic heterocycles. The predicted octanol–water partition coefficient (Wildman–Crippen LogP) is 2.68. The first-order valence-corrected chi connectivity index (χ1v) is 10.6. The summed E-state index contributed by atoms with van der Waals surface area (Å²) < 4.78 is 5.43. The van der Waals surface area contributed by atoms with Crippen LogP contribution in [0.2, 0.25) is 0 Å². The molecule has 1 atom stereocenters. The van der Waals surface area contributed by atoms with E-state index in [1.807, 2.05) is 26.2 Å². The Hall–Kier alpha value is -1.93. The van der Waals surface area contributed by atoms with Crippen molar-refractivity contribution in [1.29, 1.82) is 0 Å². The molecule has 1 saturated heterocycles. The summed E-state index contributed by atoms with van der Waals surface area (Å²) in [6.45, 7) is 5.49. The van der Waals surface area contributed by atoms with E-state index in [2.05, 4.69) is 50.1 Å². The second kappa shape index (κ2) is 10.6. The zero-order chi connectivity index (χ0) is 19.8. The summed E-state index contributed by atoms with van der Waals surface area (Å²) in [6.07, 6.45) is 0. The van der Waals surface area contributed by atoms with Gasteiger partial charge in [0.2, 0.25) is 0 Å². The Morgan fingerprint density at radius 3 is 2.57 bits per heavy atom. The first-order chi connectivity index (χ1) is 13.6. The number of hydrogen-bond acceptors (Lipinski definition) is 5. The number of morpholine rings is 1. The molecule has 0 saturated carbocycles. The second-order valence-electron chi connectivity index (χ2n) is 7.22. The summed E-state index contributed by atoms with van der Waals surface area (Å²) in [5.74, 6) is 0. The lowest BCUT2D eigenvalue weighted by Crippen LogP contribution is -2.40. The van der Waals surface area contributed by atoms with Gasteiger partial charge in [0.1, 0.15) is 0 Å². The van der Waals surface area contributed by atoms with Crippen molar-refractivity contribution in [2.75, 3.05) is 46.9 Å². The monoisotopic (exact) mass is 402 g/mol. The van der Waals surface area contributed by atoms with Gasteiger partial charge in [-0.15, -0.1) is 11.3 Å². The molecule has 0 radical (unpaired) electrons. The molecular formula is C21H30N4O2S. The van der Waals surface area contributed by atoms with E-state index < -0.39 is 0 Å². The van der Waals surface area contributed by atoms with Gasteiger partial charge < -0.3 is 20.3 Å². The highest BCUT2D eigenvalue weighted by Crippen LogP contribution is 2.22. The lowest BCUT2D eigenvalue weighted by Gasteiger charge is -2.27. The normalized spacial score (nSPS) is 16.1. The third-order valence-electron chi connectivity index (χ3n) is 5.01. The van der Waals surface area contributed by atoms with Crippen molar-refractivity contribution in [3.05, 3.63) is 57.8 Å². The lowest BCUT2D eigenvalue weighted by atomic mass is 10.1. The molecule has 0 spiro atoms. The smallest absolute Gasteiger partial charge is 0.315 e. The topological polar surface area (TPSA) is 56.8 Å². The van der Waals surface area contributed by atoms with E-state index in [-0.39, 0.29) is 12.1 Å². The van der Waals surface area contributed by atoms with Crippen LogP contribution < -0.4 is 10.6 Å². The van der Waals surface area contributed by atoms with Gasteiger partial charge in [0.25, 0.3) is 0 Å². The summed E-state index contributed by atoms with van der Waals surface area (Å²) in [6, 6.07) is 12.5. The van der Waals surface area contributed by atoms with Gasteiger partial charge in [0.15, 0.2) is 0 Å². The zero-order valence-corrected chi connectivity index (χ0v) is 17.5. The molecule has 1 aliphatic heterocycles. The maximum Gasteiger partial charge on any atom is 0.315 e. The molecule has 1 aromatic carbocycles. The molecule has 6 nitrogen and oxygen atoms in total. The van der Waals surface area contributed by atoms with Crippen LogP contribution in [0.25, 0.3) is 0 Å². The molecule has 1 unspecified atom stereocenters. The molecule has 2 heterocycles. The fraction of sp³-hybridized carbons (Fsp3) is 0.476. The van der Waals surface area contributed by atoms with Crippen LogP contribution in [0.5, 0.6) is 0 Å². The molecule has 1 fully saturated rings. The van der Waals surface area contributed by atoms with E-state index in [0.717, 1.165) is 38.4 Å². The molecule has 3 rings (SSSR count). The van der Waals surface area contributed by atoms with Gasteiger partial charge in [0, 0.05) is 37.6 Å². The fourth-order valence-corrected chi connectivity index (χ4v) is 4.25. The predicted molar refractivity (Wildman–Crippen MR) is 114 cm³/mol. The van der Waals surface area contributed by atoms with Crippen molar-refractivity contribution in [2.45, 2.75) is 19.1 Å². The Labute approximate surface area is 171 Å². The van der Waals surface area contributed by atoms with Crippen LogP contribution >= 0.6 is 11.3 Å². The van der Waals surface area contributed by atoms with Gasteiger partial charge in [-0.1, -0.05) is 30.3 Å². The molecule has 28 heavy (non-hydrogen) atoms. The summed E-state index contributed by atoms with van der Waals surface area (Å²) in [5.41, 5.74) is 2.42. The maximum atomic E-state index is 12.4. The quantitative estimate of drug-likeness (QED) is 0.713. The van der Waals surface area contributed by atoms with E-state index in [0.29, 0.717) is 13.1 Å². The van der Waals surface area contributed by atoms with Gasteiger partial charge in [-0.3, -0.25) is 4.90 Å². The van der Waals surface area contributed by atoms with E-state index >= 15 is 0 Å². The number of rotatable bonds is 8. The van der Waals surface area contributed by atoms with Crippen LogP contribution in [-0.2, 0) is 17.8 Å². The van der Waals surface area contributed by atoms with Crippen molar-refractivity contribution in [3.63, 3.8) is 0 Å². The number of urea groups is 1. The number of hydrogen-bond donors (Lipinski definition) is 2. The van der Waals surface area contributed by atoms with Crippen molar-refractivity contribution >= 4 is 17.4 Å². The summed E-state index contributed by atoms with van der Waals surface area (Å²) in [5, 5.41) is 8.09. The van der Waals surface area contributed by atoms with Crippen LogP contribution in [0, 0.1) is 0 Å². The number of benzene rings is 1. The zero-order valence-electron chi connectivity index (χ0n) is 16.7. The van der Waals surface area contributed by atoms with Crippen molar-refractivity contribution in [3.8, 4) is 0 Å². The Bertz CT molecular complexity index is 730. The average molecular weight is 403 g/mol.